The number of nitrogens with one attached hydrogen (secondary N) is 1. The molecule has 0 unspecified atom stereocenters. The summed E-state index contributed by atoms with van der Waals surface area (Å²) in [5.74, 6) is 0.888. The van der Waals surface area contributed by atoms with Crippen LogP contribution in [0.4, 0.5) is 5.69 Å². The molecule has 8 heteroatoms. The van der Waals surface area contributed by atoms with E-state index in [9.17, 15) is 13.2 Å². The third-order valence-electron chi connectivity index (χ3n) is 5.05. The van der Waals surface area contributed by atoms with Crippen LogP contribution in [0.1, 0.15) is 24.1 Å². The Morgan fingerprint density at radius 2 is 1.61 bits per heavy atom. The zero-order valence-electron chi connectivity index (χ0n) is 18.9. The molecule has 0 fully saturated rings. The molecule has 174 valence electrons. The average Bonchev–Trinajstić information content (AvgIpc) is 2.81. The van der Waals surface area contributed by atoms with Crippen molar-refractivity contribution in [3.8, 4) is 11.5 Å². The molecule has 0 saturated heterocycles. The predicted molar refractivity (Wildman–Crippen MR) is 129 cm³/mol. The molecular weight excluding hydrogens is 440 g/mol. The van der Waals surface area contributed by atoms with Gasteiger partial charge >= 0.3 is 0 Å². The first kappa shape index (κ1) is 24.1. The lowest BCUT2D eigenvalue weighted by Crippen LogP contribution is -2.31. The summed E-state index contributed by atoms with van der Waals surface area (Å²) in [6.45, 7) is 1.93. The van der Waals surface area contributed by atoms with E-state index in [-0.39, 0.29) is 25.1 Å². The van der Waals surface area contributed by atoms with Gasteiger partial charge in [-0.2, -0.15) is 0 Å². The van der Waals surface area contributed by atoms with Crippen molar-refractivity contribution in [2.75, 3.05) is 24.3 Å². The molecule has 0 aromatic heterocycles. The second-order valence-electron chi connectivity index (χ2n) is 7.57. The van der Waals surface area contributed by atoms with Gasteiger partial charge in [0.1, 0.15) is 11.5 Å². The molecule has 3 aromatic carbocycles. The van der Waals surface area contributed by atoms with Crippen molar-refractivity contribution < 1.29 is 22.7 Å². The number of para-hydroxylation sites is 1. The van der Waals surface area contributed by atoms with Gasteiger partial charge in [0, 0.05) is 5.56 Å². The molecule has 0 saturated carbocycles. The van der Waals surface area contributed by atoms with Crippen LogP contribution in [0.2, 0.25) is 0 Å². The van der Waals surface area contributed by atoms with Crippen LogP contribution >= 0.6 is 0 Å². The van der Waals surface area contributed by atoms with Gasteiger partial charge in [0.25, 0.3) is 5.91 Å². The molecule has 1 atom stereocenters. The predicted octanol–water partition coefficient (Wildman–Crippen LogP) is 3.92. The number of ether oxygens (including phenoxy) is 2. The topological polar surface area (TPSA) is 84.9 Å². The third-order valence-corrected chi connectivity index (χ3v) is 6.19. The molecule has 0 bridgehead atoms. The highest BCUT2D eigenvalue weighted by Gasteiger charge is 2.18. The lowest BCUT2D eigenvalue weighted by Gasteiger charge is -2.23. The Balaban J connectivity index is 1.61. The molecule has 0 spiro atoms. The van der Waals surface area contributed by atoms with Crippen LogP contribution in [0.15, 0.2) is 78.9 Å². The van der Waals surface area contributed by atoms with Crippen molar-refractivity contribution in [2.24, 2.45) is 0 Å². The zero-order valence-corrected chi connectivity index (χ0v) is 19.7. The maximum atomic E-state index is 12.3. The molecule has 33 heavy (non-hydrogen) atoms. The monoisotopic (exact) mass is 468 g/mol. The highest BCUT2D eigenvalue weighted by Crippen LogP contribution is 2.25. The van der Waals surface area contributed by atoms with E-state index in [2.05, 4.69) is 5.32 Å². The van der Waals surface area contributed by atoms with E-state index < -0.39 is 10.0 Å². The van der Waals surface area contributed by atoms with Crippen molar-refractivity contribution in [3.05, 3.63) is 90.0 Å². The number of benzene rings is 3. The van der Waals surface area contributed by atoms with Gasteiger partial charge in [-0.1, -0.05) is 48.5 Å². The first-order valence-corrected chi connectivity index (χ1v) is 12.3. The molecule has 3 aromatic rings. The Hall–Kier alpha value is -3.52. The number of sulfonamides is 1. The van der Waals surface area contributed by atoms with Crippen molar-refractivity contribution in [1.29, 1.82) is 0 Å². The van der Waals surface area contributed by atoms with Crippen molar-refractivity contribution in [1.82, 2.24) is 5.32 Å². The molecule has 1 amide bonds. The quantitative estimate of drug-likeness (QED) is 0.488. The summed E-state index contributed by atoms with van der Waals surface area (Å²) < 4.78 is 36.9. The number of rotatable bonds is 10. The lowest BCUT2D eigenvalue weighted by atomic mass is 10.1. The minimum absolute atomic E-state index is 0.168. The highest BCUT2D eigenvalue weighted by molar-refractivity contribution is 7.92. The second kappa shape index (κ2) is 10.9. The zero-order chi connectivity index (χ0) is 23.8. The summed E-state index contributed by atoms with van der Waals surface area (Å²) in [6, 6.07) is 23.2. The van der Waals surface area contributed by atoms with Gasteiger partial charge in [-0.15, -0.1) is 0 Å². The van der Waals surface area contributed by atoms with Crippen molar-refractivity contribution in [2.45, 2.75) is 19.5 Å². The normalized spacial score (nSPS) is 12.0. The van der Waals surface area contributed by atoms with Gasteiger partial charge in [0.05, 0.1) is 31.6 Å². The number of hydrogen-bond donors (Lipinski definition) is 1. The molecule has 0 aliphatic heterocycles. The summed E-state index contributed by atoms with van der Waals surface area (Å²) in [5.41, 5.74) is 2.27. The first-order valence-electron chi connectivity index (χ1n) is 10.4. The van der Waals surface area contributed by atoms with Gasteiger partial charge in [0.15, 0.2) is 6.61 Å². The second-order valence-corrected chi connectivity index (χ2v) is 9.48. The summed E-state index contributed by atoms with van der Waals surface area (Å²) in [7, 11) is -1.89. The number of methoxy groups -OCH3 is 1. The molecule has 3 rings (SSSR count). The van der Waals surface area contributed by atoms with E-state index in [1.165, 1.54) is 10.6 Å². The number of carbonyl (C=O) groups excluding carboxylic acids is 1. The Morgan fingerprint density at radius 1 is 0.970 bits per heavy atom. The third kappa shape index (κ3) is 6.73. The Morgan fingerprint density at radius 3 is 2.24 bits per heavy atom. The van der Waals surface area contributed by atoms with Crippen LogP contribution in [-0.4, -0.2) is 34.3 Å². The van der Waals surface area contributed by atoms with E-state index >= 15 is 0 Å². The van der Waals surface area contributed by atoms with Crippen LogP contribution in [0.3, 0.4) is 0 Å². The number of nitrogens with zero attached hydrogens (tertiary/aromatic N) is 1. The smallest absolute Gasteiger partial charge is 0.258 e. The highest BCUT2D eigenvalue weighted by atomic mass is 32.2. The van der Waals surface area contributed by atoms with Crippen LogP contribution in [0, 0.1) is 0 Å². The molecule has 7 nitrogen and oxygen atoms in total. The van der Waals surface area contributed by atoms with Crippen LogP contribution < -0.4 is 19.1 Å². The minimum Gasteiger partial charge on any atom is -0.496 e. The number of amides is 1. The molecule has 0 aliphatic carbocycles. The van der Waals surface area contributed by atoms with Crippen LogP contribution in [0.25, 0.3) is 0 Å². The molecule has 0 aliphatic rings. The fraction of sp³-hybridized carbons (Fsp3) is 0.240. The SMILES string of the molecule is COc1ccccc1[C@@H](C)NC(=O)COc1ccc(N(Cc2ccccc2)S(C)(=O)=O)cc1. The van der Waals surface area contributed by atoms with E-state index in [4.69, 9.17) is 9.47 Å². The number of carbonyl (C=O) groups is 1. The lowest BCUT2D eigenvalue weighted by molar-refractivity contribution is -0.123. The molecule has 0 heterocycles. The molecular formula is C25H28N2O5S. The van der Waals surface area contributed by atoms with Crippen molar-refractivity contribution >= 4 is 21.6 Å². The van der Waals surface area contributed by atoms with Crippen LogP contribution in [-0.2, 0) is 21.4 Å². The number of anilines is 1. The van der Waals surface area contributed by atoms with E-state index in [1.54, 1.807) is 31.4 Å². The first-order chi connectivity index (χ1) is 15.8. The largest absolute Gasteiger partial charge is 0.496 e. The van der Waals surface area contributed by atoms with Gasteiger partial charge in [-0.05, 0) is 42.8 Å². The van der Waals surface area contributed by atoms with Crippen molar-refractivity contribution in [3.63, 3.8) is 0 Å². The van der Waals surface area contributed by atoms with Gasteiger partial charge in [-0.3, -0.25) is 9.10 Å². The van der Waals surface area contributed by atoms with E-state index in [0.717, 1.165) is 11.1 Å². The fourth-order valence-electron chi connectivity index (χ4n) is 3.39. The summed E-state index contributed by atoms with van der Waals surface area (Å²) >= 11 is 0. The Labute approximate surface area is 195 Å². The minimum atomic E-state index is -3.48. The van der Waals surface area contributed by atoms with Gasteiger partial charge in [0.2, 0.25) is 10.0 Å². The van der Waals surface area contributed by atoms with E-state index in [1.807, 2.05) is 61.5 Å². The average molecular weight is 469 g/mol. The van der Waals surface area contributed by atoms with E-state index in [0.29, 0.717) is 17.2 Å². The Kier molecular flexibility index (Phi) is 7.95. The Bertz CT molecular complexity index is 1160. The maximum absolute atomic E-state index is 12.3. The number of hydrogen-bond acceptors (Lipinski definition) is 5. The maximum Gasteiger partial charge on any atom is 0.258 e. The summed E-state index contributed by atoms with van der Waals surface area (Å²) in [5, 5.41) is 2.89. The summed E-state index contributed by atoms with van der Waals surface area (Å²) in [6.07, 6.45) is 1.17. The van der Waals surface area contributed by atoms with Gasteiger partial charge < -0.3 is 14.8 Å². The van der Waals surface area contributed by atoms with Crippen LogP contribution in [0.5, 0.6) is 11.5 Å². The summed E-state index contributed by atoms with van der Waals surface area (Å²) in [4.78, 5) is 12.3. The standard InChI is InChI=1S/C25H28N2O5S/c1-19(23-11-7-8-12-24(23)31-2)26-25(28)18-32-22-15-13-21(14-16-22)27(33(3,29)30)17-20-9-5-4-6-10-20/h4-16,19H,17-18H2,1-3H3,(H,26,28)/t19-/m1/s1. The fourth-order valence-corrected chi connectivity index (χ4v) is 4.28. The molecule has 1 N–H and O–H groups in total. The molecule has 0 radical (unpaired) electrons. The van der Waals surface area contributed by atoms with Gasteiger partial charge in [-0.25, -0.2) is 8.42 Å².